The molecule has 96 valence electrons. The molecule has 0 radical (unpaired) electrons. The minimum absolute atomic E-state index is 0.215. The van der Waals surface area contributed by atoms with Gasteiger partial charge in [-0.05, 0) is 48.8 Å². The lowest BCUT2D eigenvalue weighted by Crippen LogP contribution is -2.07. The molecule has 0 aliphatic carbocycles. The monoisotopic (exact) mass is 308 g/mol. The highest BCUT2D eigenvalue weighted by molar-refractivity contribution is 9.10. The quantitative estimate of drug-likeness (QED) is 0.878. The Labute approximate surface area is 116 Å². The van der Waals surface area contributed by atoms with E-state index in [0.717, 1.165) is 22.5 Å². The molecule has 0 fully saturated rings. The third-order valence-electron chi connectivity index (χ3n) is 2.90. The summed E-state index contributed by atoms with van der Waals surface area (Å²) in [4.78, 5) is 4.38. The molecule has 2 aromatic rings. The zero-order valence-corrected chi connectivity index (χ0v) is 12.4. The number of nitrogens with one attached hydrogen (secondary N) is 1. The van der Waals surface area contributed by atoms with Gasteiger partial charge >= 0.3 is 0 Å². The number of rotatable bonds is 4. The predicted molar refractivity (Wildman–Crippen MR) is 76.6 cm³/mol. The second-order valence-electron chi connectivity index (χ2n) is 4.26. The van der Waals surface area contributed by atoms with Gasteiger partial charge in [0.05, 0.1) is 23.6 Å². The van der Waals surface area contributed by atoms with E-state index in [1.807, 2.05) is 29.9 Å². The number of hydrogen-bond acceptors (Lipinski definition) is 3. The van der Waals surface area contributed by atoms with Crippen molar-refractivity contribution in [2.24, 2.45) is 0 Å². The highest BCUT2D eigenvalue weighted by Crippen LogP contribution is 2.22. The lowest BCUT2D eigenvalue weighted by molar-refractivity contribution is 0.658. The average molecular weight is 309 g/mol. The topological polar surface area (TPSA) is 42.7 Å². The van der Waals surface area contributed by atoms with Gasteiger partial charge in [0, 0.05) is 18.3 Å². The van der Waals surface area contributed by atoms with Gasteiger partial charge in [-0.1, -0.05) is 0 Å². The number of hydrogen-bond donors (Lipinski definition) is 1. The summed E-state index contributed by atoms with van der Waals surface area (Å²) in [6.07, 6.45) is 3.97. The Bertz CT molecular complexity index is 536. The molecule has 0 aliphatic rings. The van der Waals surface area contributed by atoms with E-state index in [2.05, 4.69) is 51.4 Å². The van der Waals surface area contributed by atoms with Crippen LogP contribution in [0.4, 0.5) is 5.69 Å². The molecule has 0 saturated carbocycles. The Hall–Kier alpha value is -1.36. The van der Waals surface area contributed by atoms with Crippen LogP contribution in [-0.2, 0) is 6.54 Å². The summed E-state index contributed by atoms with van der Waals surface area (Å²) in [7, 11) is 0. The minimum Gasteiger partial charge on any atom is -0.377 e. The predicted octanol–water partition coefficient (Wildman–Crippen LogP) is 3.54. The number of nitrogens with zero attached hydrogens (tertiary/aromatic N) is 3. The summed E-state index contributed by atoms with van der Waals surface area (Å²) in [6, 6.07) is 4.19. The minimum atomic E-state index is 0.215. The van der Waals surface area contributed by atoms with Crippen molar-refractivity contribution < 1.29 is 0 Å². The number of pyridine rings is 1. The van der Waals surface area contributed by atoms with E-state index in [1.165, 1.54) is 5.56 Å². The van der Waals surface area contributed by atoms with Crippen molar-refractivity contribution in [2.45, 2.75) is 33.4 Å². The fraction of sp³-hybridized carbons (Fsp3) is 0.385. The smallest absolute Gasteiger partial charge is 0.106 e. The summed E-state index contributed by atoms with van der Waals surface area (Å²) in [5.74, 6) is 0. The molecule has 2 rings (SSSR count). The van der Waals surface area contributed by atoms with Crippen molar-refractivity contribution in [1.82, 2.24) is 14.8 Å². The van der Waals surface area contributed by atoms with Gasteiger partial charge < -0.3 is 5.32 Å². The van der Waals surface area contributed by atoms with Crippen LogP contribution in [0.2, 0.25) is 0 Å². The van der Waals surface area contributed by atoms with Gasteiger partial charge in [-0.15, -0.1) is 0 Å². The van der Waals surface area contributed by atoms with E-state index in [0.29, 0.717) is 0 Å². The first-order valence-corrected chi connectivity index (χ1v) is 6.81. The van der Waals surface area contributed by atoms with Crippen LogP contribution in [0, 0.1) is 6.92 Å². The number of anilines is 1. The Morgan fingerprint density at radius 3 is 2.83 bits per heavy atom. The summed E-state index contributed by atoms with van der Waals surface area (Å²) in [6.45, 7) is 7.09. The van der Waals surface area contributed by atoms with E-state index in [9.17, 15) is 0 Å². The van der Waals surface area contributed by atoms with Crippen molar-refractivity contribution in [3.63, 3.8) is 0 Å². The molecule has 1 atom stereocenters. The maximum Gasteiger partial charge on any atom is 0.106 e. The molecule has 1 unspecified atom stereocenters. The standard InChI is InChI=1S/C13H17BrN4/c1-4-18-8-11(7-15-18)9(2)16-12-5-6-13(14)17-10(12)3/h5-9,16H,4H2,1-3H3. The summed E-state index contributed by atoms with van der Waals surface area (Å²) in [5, 5.41) is 7.74. The van der Waals surface area contributed by atoms with Crippen LogP contribution in [0.25, 0.3) is 0 Å². The maximum absolute atomic E-state index is 4.38. The SMILES string of the molecule is CCn1cc(C(C)Nc2ccc(Br)nc2C)cn1. The van der Waals surface area contributed by atoms with Gasteiger partial charge in [0.15, 0.2) is 0 Å². The molecule has 0 bridgehead atoms. The molecule has 2 heterocycles. The molecule has 0 aliphatic heterocycles. The van der Waals surface area contributed by atoms with Crippen LogP contribution in [0.1, 0.15) is 31.1 Å². The Morgan fingerprint density at radius 2 is 2.22 bits per heavy atom. The summed E-state index contributed by atoms with van der Waals surface area (Å²) < 4.78 is 2.79. The highest BCUT2D eigenvalue weighted by Gasteiger charge is 2.09. The van der Waals surface area contributed by atoms with Crippen molar-refractivity contribution in [3.05, 3.63) is 40.4 Å². The molecule has 0 amide bonds. The number of aromatic nitrogens is 3. The van der Waals surface area contributed by atoms with Crippen molar-refractivity contribution in [3.8, 4) is 0 Å². The maximum atomic E-state index is 4.38. The zero-order valence-electron chi connectivity index (χ0n) is 10.8. The molecule has 18 heavy (non-hydrogen) atoms. The van der Waals surface area contributed by atoms with Gasteiger partial charge in [0.2, 0.25) is 0 Å². The Balaban J connectivity index is 2.13. The fourth-order valence-corrected chi connectivity index (χ4v) is 2.17. The van der Waals surface area contributed by atoms with Crippen molar-refractivity contribution >= 4 is 21.6 Å². The van der Waals surface area contributed by atoms with Crippen LogP contribution >= 0.6 is 15.9 Å². The molecule has 0 spiro atoms. The second-order valence-corrected chi connectivity index (χ2v) is 5.07. The van der Waals surface area contributed by atoms with E-state index in [4.69, 9.17) is 0 Å². The van der Waals surface area contributed by atoms with Crippen LogP contribution in [-0.4, -0.2) is 14.8 Å². The zero-order chi connectivity index (χ0) is 13.1. The van der Waals surface area contributed by atoms with E-state index < -0.39 is 0 Å². The molecule has 1 N–H and O–H groups in total. The highest BCUT2D eigenvalue weighted by atomic mass is 79.9. The first-order valence-electron chi connectivity index (χ1n) is 6.02. The third kappa shape index (κ3) is 2.90. The lowest BCUT2D eigenvalue weighted by atomic mass is 10.2. The third-order valence-corrected chi connectivity index (χ3v) is 3.34. The first kappa shape index (κ1) is 13.1. The molecular formula is C13H17BrN4. The molecule has 2 aromatic heterocycles. The van der Waals surface area contributed by atoms with Crippen LogP contribution in [0.15, 0.2) is 29.1 Å². The number of aryl methyl sites for hydroxylation is 2. The van der Waals surface area contributed by atoms with Gasteiger partial charge in [-0.25, -0.2) is 4.98 Å². The molecular weight excluding hydrogens is 292 g/mol. The van der Waals surface area contributed by atoms with E-state index in [1.54, 1.807) is 0 Å². The fourth-order valence-electron chi connectivity index (χ4n) is 1.78. The Morgan fingerprint density at radius 1 is 1.44 bits per heavy atom. The molecule has 0 aromatic carbocycles. The van der Waals surface area contributed by atoms with Gasteiger partial charge in [0.1, 0.15) is 4.60 Å². The Kier molecular flexibility index (Phi) is 4.01. The van der Waals surface area contributed by atoms with Gasteiger partial charge in [-0.3, -0.25) is 4.68 Å². The molecule has 5 heteroatoms. The lowest BCUT2D eigenvalue weighted by Gasteiger charge is -2.15. The van der Waals surface area contributed by atoms with Crippen LogP contribution < -0.4 is 5.32 Å². The van der Waals surface area contributed by atoms with Gasteiger partial charge in [-0.2, -0.15) is 5.10 Å². The number of halogens is 1. The van der Waals surface area contributed by atoms with Crippen molar-refractivity contribution in [1.29, 1.82) is 0 Å². The second kappa shape index (κ2) is 5.52. The summed E-state index contributed by atoms with van der Waals surface area (Å²) in [5.41, 5.74) is 3.22. The largest absolute Gasteiger partial charge is 0.377 e. The van der Waals surface area contributed by atoms with Crippen molar-refractivity contribution in [2.75, 3.05) is 5.32 Å². The van der Waals surface area contributed by atoms with E-state index in [-0.39, 0.29) is 6.04 Å². The average Bonchev–Trinajstić information content (AvgIpc) is 2.81. The van der Waals surface area contributed by atoms with Crippen LogP contribution in [0.5, 0.6) is 0 Å². The molecule has 0 saturated heterocycles. The normalized spacial score (nSPS) is 12.4. The van der Waals surface area contributed by atoms with E-state index >= 15 is 0 Å². The summed E-state index contributed by atoms with van der Waals surface area (Å²) >= 11 is 3.37. The first-order chi connectivity index (χ1) is 8.60. The van der Waals surface area contributed by atoms with Gasteiger partial charge in [0.25, 0.3) is 0 Å². The molecule has 4 nitrogen and oxygen atoms in total. The van der Waals surface area contributed by atoms with Crippen LogP contribution in [0.3, 0.4) is 0 Å².